The van der Waals surface area contributed by atoms with Crippen LogP contribution in [-0.4, -0.2) is 33.5 Å². The molecule has 9 heteroatoms. The second-order valence-electron chi connectivity index (χ2n) is 7.52. The van der Waals surface area contributed by atoms with Gasteiger partial charge < -0.3 is 0 Å². The van der Waals surface area contributed by atoms with Gasteiger partial charge in [0.2, 0.25) is 10.0 Å². The average molecular weight is 462 g/mol. The minimum Gasteiger partial charge on any atom is -0.299 e. The van der Waals surface area contributed by atoms with E-state index in [-0.39, 0.29) is 11.6 Å². The second-order valence-corrected chi connectivity index (χ2v) is 9.53. The van der Waals surface area contributed by atoms with Crippen LogP contribution in [0.4, 0.5) is 10.1 Å². The molecule has 5 rings (SSSR count). The van der Waals surface area contributed by atoms with Crippen molar-refractivity contribution in [3.8, 4) is 22.5 Å². The number of hydrogen-bond acceptors (Lipinski definition) is 4. The SMILES string of the molecule is CCS(=O)(=O)Nc1cc(-c2ccc(F)cc2)cc(-n2cnc3cc(-n4cccn4)ccc32)c1. The standard InChI is InChI=1S/C24H20FN5O2S/c1-2-33(31,32)28-20-12-18(17-4-6-19(25)7-5-17)13-22(14-20)29-16-26-23-15-21(8-9-24(23)29)30-11-3-10-27-30/h3-16,28H,2H2,1H3. The molecule has 0 aliphatic carbocycles. The molecule has 0 saturated carbocycles. The Morgan fingerprint density at radius 1 is 0.970 bits per heavy atom. The molecule has 2 aromatic heterocycles. The first-order chi connectivity index (χ1) is 15.9. The number of hydrogen-bond donors (Lipinski definition) is 1. The average Bonchev–Trinajstić information content (AvgIpc) is 3.49. The van der Waals surface area contributed by atoms with Crippen molar-refractivity contribution in [1.82, 2.24) is 19.3 Å². The van der Waals surface area contributed by atoms with Gasteiger partial charge in [-0.15, -0.1) is 0 Å². The van der Waals surface area contributed by atoms with Gasteiger partial charge in [-0.05, 0) is 72.6 Å². The smallest absolute Gasteiger partial charge is 0.232 e. The summed E-state index contributed by atoms with van der Waals surface area (Å²) < 4.78 is 44.2. The van der Waals surface area contributed by atoms with Crippen LogP contribution in [0.15, 0.2) is 85.5 Å². The molecule has 0 amide bonds. The lowest BCUT2D eigenvalue weighted by molar-refractivity contribution is 0.602. The molecule has 0 saturated heterocycles. The monoisotopic (exact) mass is 461 g/mol. The van der Waals surface area contributed by atoms with Gasteiger partial charge in [0.1, 0.15) is 12.1 Å². The lowest BCUT2D eigenvalue weighted by atomic mass is 10.0. The second kappa shape index (κ2) is 8.18. The summed E-state index contributed by atoms with van der Waals surface area (Å²) >= 11 is 0. The number of nitrogens with one attached hydrogen (secondary N) is 1. The molecular weight excluding hydrogens is 441 g/mol. The molecule has 2 heterocycles. The van der Waals surface area contributed by atoms with Gasteiger partial charge in [-0.2, -0.15) is 5.10 Å². The van der Waals surface area contributed by atoms with Crippen LogP contribution < -0.4 is 4.72 Å². The topological polar surface area (TPSA) is 81.8 Å². The Labute approximate surface area is 190 Å². The van der Waals surface area contributed by atoms with E-state index in [2.05, 4.69) is 14.8 Å². The number of anilines is 1. The van der Waals surface area contributed by atoms with Gasteiger partial charge in [-0.3, -0.25) is 9.29 Å². The molecule has 0 aliphatic rings. The maximum atomic E-state index is 13.5. The predicted molar refractivity (Wildman–Crippen MR) is 127 cm³/mol. The molecule has 0 bridgehead atoms. The highest BCUT2D eigenvalue weighted by atomic mass is 32.2. The number of halogens is 1. The van der Waals surface area contributed by atoms with E-state index in [1.54, 1.807) is 48.4 Å². The molecule has 5 aromatic rings. The van der Waals surface area contributed by atoms with Crippen LogP contribution in [0, 0.1) is 5.82 Å². The van der Waals surface area contributed by atoms with E-state index in [0.29, 0.717) is 5.69 Å². The summed E-state index contributed by atoms with van der Waals surface area (Å²) in [6.45, 7) is 1.58. The Balaban J connectivity index is 1.64. The minimum atomic E-state index is -3.48. The fourth-order valence-corrected chi connectivity index (χ4v) is 4.26. The van der Waals surface area contributed by atoms with E-state index < -0.39 is 10.0 Å². The van der Waals surface area contributed by atoms with E-state index in [1.807, 2.05) is 41.1 Å². The molecule has 7 nitrogen and oxygen atoms in total. The first-order valence-corrected chi connectivity index (χ1v) is 12.0. The molecule has 166 valence electrons. The molecule has 0 fully saturated rings. The zero-order valence-electron chi connectivity index (χ0n) is 17.7. The Morgan fingerprint density at radius 3 is 2.52 bits per heavy atom. The van der Waals surface area contributed by atoms with E-state index in [1.165, 1.54) is 12.1 Å². The third kappa shape index (κ3) is 4.22. The van der Waals surface area contributed by atoms with Crippen LogP contribution in [0.5, 0.6) is 0 Å². The molecule has 0 radical (unpaired) electrons. The van der Waals surface area contributed by atoms with Crippen LogP contribution in [0.1, 0.15) is 6.92 Å². The zero-order chi connectivity index (χ0) is 23.0. The Bertz CT molecular complexity index is 1540. The summed E-state index contributed by atoms with van der Waals surface area (Å²) in [6, 6.07) is 19.2. The highest BCUT2D eigenvalue weighted by Crippen LogP contribution is 2.30. The maximum Gasteiger partial charge on any atom is 0.232 e. The molecule has 1 N–H and O–H groups in total. The van der Waals surface area contributed by atoms with Gasteiger partial charge in [0, 0.05) is 18.1 Å². The summed E-state index contributed by atoms with van der Waals surface area (Å²) in [6.07, 6.45) is 5.26. The summed E-state index contributed by atoms with van der Waals surface area (Å²) in [5.41, 5.74) is 5.16. The normalized spacial score (nSPS) is 11.7. The fraction of sp³-hybridized carbons (Fsp3) is 0.0833. The number of fused-ring (bicyclic) bond motifs is 1. The minimum absolute atomic E-state index is 0.0483. The Morgan fingerprint density at radius 2 is 1.79 bits per heavy atom. The van der Waals surface area contributed by atoms with Crippen molar-refractivity contribution >= 4 is 26.7 Å². The number of imidazole rings is 1. The van der Waals surface area contributed by atoms with Gasteiger partial charge in [0.15, 0.2) is 0 Å². The number of rotatable bonds is 6. The number of sulfonamides is 1. The quantitative estimate of drug-likeness (QED) is 0.395. The Hall–Kier alpha value is -3.98. The molecule has 0 unspecified atom stereocenters. The lowest BCUT2D eigenvalue weighted by Gasteiger charge is -2.13. The third-order valence-electron chi connectivity index (χ3n) is 5.33. The van der Waals surface area contributed by atoms with Gasteiger partial charge in [0.25, 0.3) is 0 Å². The van der Waals surface area contributed by atoms with E-state index in [4.69, 9.17) is 0 Å². The van der Waals surface area contributed by atoms with E-state index in [9.17, 15) is 12.8 Å². The maximum absolute atomic E-state index is 13.5. The first-order valence-electron chi connectivity index (χ1n) is 10.3. The van der Waals surface area contributed by atoms with Crippen molar-refractivity contribution in [2.75, 3.05) is 10.5 Å². The van der Waals surface area contributed by atoms with Gasteiger partial charge in [-0.25, -0.2) is 22.5 Å². The van der Waals surface area contributed by atoms with Crippen LogP contribution >= 0.6 is 0 Å². The number of nitrogens with zero attached hydrogens (tertiary/aromatic N) is 4. The van der Waals surface area contributed by atoms with Crippen molar-refractivity contribution in [3.63, 3.8) is 0 Å². The van der Waals surface area contributed by atoms with Crippen LogP contribution in [0.25, 0.3) is 33.5 Å². The zero-order valence-corrected chi connectivity index (χ0v) is 18.5. The number of aromatic nitrogens is 4. The number of benzene rings is 3. The molecule has 3 aromatic carbocycles. The van der Waals surface area contributed by atoms with E-state index in [0.717, 1.165) is 33.5 Å². The van der Waals surface area contributed by atoms with Crippen LogP contribution in [0.2, 0.25) is 0 Å². The molecule has 0 aliphatic heterocycles. The van der Waals surface area contributed by atoms with Crippen molar-refractivity contribution in [3.05, 3.63) is 91.3 Å². The summed E-state index contributed by atoms with van der Waals surface area (Å²) in [5, 5.41) is 4.25. The van der Waals surface area contributed by atoms with Gasteiger partial charge in [-0.1, -0.05) is 12.1 Å². The fourth-order valence-electron chi connectivity index (χ4n) is 3.64. The van der Waals surface area contributed by atoms with Gasteiger partial charge in [0.05, 0.1) is 28.2 Å². The predicted octanol–water partition coefficient (Wildman–Crippen LogP) is 4.78. The van der Waals surface area contributed by atoms with Gasteiger partial charge >= 0.3 is 0 Å². The molecule has 0 spiro atoms. The van der Waals surface area contributed by atoms with Crippen molar-refractivity contribution in [2.45, 2.75) is 6.92 Å². The lowest BCUT2D eigenvalue weighted by Crippen LogP contribution is -2.14. The highest BCUT2D eigenvalue weighted by Gasteiger charge is 2.13. The molecular formula is C24H20FN5O2S. The molecule has 0 atom stereocenters. The van der Waals surface area contributed by atoms with Crippen LogP contribution in [-0.2, 0) is 10.0 Å². The first kappa shape index (κ1) is 20.9. The third-order valence-corrected chi connectivity index (χ3v) is 6.63. The van der Waals surface area contributed by atoms with E-state index >= 15 is 0 Å². The van der Waals surface area contributed by atoms with Crippen molar-refractivity contribution in [1.29, 1.82) is 0 Å². The molecule has 33 heavy (non-hydrogen) atoms. The van der Waals surface area contributed by atoms with Crippen molar-refractivity contribution in [2.24, 2.45) is 0 Å². The Kier molecular flexibility index (Phi) is 5.18. The van der Waals surface area contributed by atoms with Crippen LogP contribution in [0.3, 0.4) is 0 Å². The summed E-state index contributed by atoms with van der Waals surface area (Å²) in [4.78, 5) is 4.53. The summed E-state index contributed by atoms with van der Waals surface area (Å²) in [5.74, 6) is -0.386. The largest absolute Gasteiger partial charge is 0.299 e. The highest BCUT2D eigenvalue weighted by molar-refractivity contribution is 7.92. The van der Waals surface area contributed by atoms with Crippen molar-refractivity contribution < 1.29 is 12.8 Å². The summed E-state index contributed by atoms with van der Waals surface area (Å²) in [7, 11) is -3.48.